The Morgan fingerprint density at radius 1 is 1.08 bits per heavy atom. The average molecular weight is 338 g/mol. The van der Waals surface area contributed by atoms with E-state index in [1.54, 1.807) is 0 Å². The van der Waals surface area contributed by atoms with Crippen LogP contribution in [0.5, 0.6) is 0 Å². The summed E-state index contributed by atoms with van der Waals surface area (Å²) in [6.45, 7) is 1.47. The number of rotatable bonds is 8. The molecule has 1 rings (SSSR count). The Balaban J connectivity index is 2.43. The van der Waals surface area contributed by atoms with Gasteiger partial charge in [-0.2, -0.15) is 0 Å². The number of alkyl carbamates (subject to hydrolysis) is 2. The number of carbonyl (C=O) groups excluding carboxylic acids is 3. The van der Waals surface area contributed by atoms with Crippen LogP contribution in [-0.4, -0.2) is 51.1 Å². The van der Waals surface area contributed by atoms with E-state index in [1.165, 1.54) is 14.0 Å². The Bertz CT molecular complexity index is 535. The zero-order valence-corrected chi connectivity index (χ0v) is 13.7. The van der Waals surface area contributed by atoms with Crippen molar-refractivity contribution in [2.45, 2.75) is 19.4 Å². The van der Waals surface area contributed by atoms with Gasteiger partial charge in [0.25, 0.3) is 0 Å². The van der Waals surface area contributed by atoms with E-state index in [0.29, 0.717) is 6.42 Å². The molecule has 24 heavy (non-hydrogen) atoms. The number of methoxy groups -OCH3 is 1. The van der Waals surface area contributed by atoms with Crippen molar-refractivity contribution >= 4 is 18.2 Å². The third-order valence-electron chi connectivity index (χ3n) is 2.92. The Kier molecular flexibility index (Phi) is 8.73. The Morgan fingerprint density at radius 2 is 1.79 bits per heavy atom. The van der Waals surface area contributed by atoms with Crippen LogP contribution < -0.4 is 10.6 Å². The van der Waals surface area contributed by atoms with Gasteiger partial charge in [0.1, 0.15) is 13.2 Å². The summed E-state index contributed by atoms with van der Waals surface area (Å²) in [6, 6.07) is 9.06. The van der Waals surface area contributed by atoms with Gasteiger partial charge in [-0.3, -0.25) is 4.79 Å². The lowest BCUT2D eigenvalue weighted by molar-refractivity contribution is -0.141. The van der Waals surface area contributed by atoms with Crippen molar-refractivity contribution in [1.29, 1.82) is 0 Å². The van der Waals surface area contributed by atoms with Gasteiger partial charge in [0.15, 0.2) is 0 Å². The lowest BCUT2D eigenvalue weighted by Crippen LogP contribution is -2.41. The van der Waals surface area contributed by atoms with Crippen molar-refractivity contribution in [2.24, 2.45) is 0 Å². The van der Waals surface area contributed by atoms with Gasteiger partial charge in [-0.05, 0) is 12.0 Å². The summed E-state index contributed by atoms with van der Waals surface area (Å²) < 4.78 is 14.3. The molecule has 0 bridgehead atoms. The maximum absolute atomic E-state index is 11.8. The summed E-state index contributed by atoms with van der Waals surface area (Å²) in [6.07, 6.45) is -0.769. The number of nitrogens with one attached hydrogen (secondary N) is 2. The molecule has 0 aliphatic rings. The number of carbonyl (C=O) groups is 3. The summed E-state index contributed by atoms with van der Waals surface area (Å²) in [5.41, 5.74) is 0.988. The summed E-state index contributed by atoms with van der Waals surface area (Å²) in [7, 11) is 1.24. The molecule has 0 unspecified atom stereocenters. The van der Waals surface area contributed by atoms with E-state index in [4.69, 9.17) is 9.47 Å². The maximum atomic E-state index is 11.8. The van der Waals surface area contributed by atoms with Crippen LogP contribution in [0.25, 0.3) is 0 Å². The van der Waals surface area contributed by atoms with Crippen LogP contribution in [0.15, 0.2) is 30.3 Å². The number of hydrogen-bond acceptors (Lipinski definition) is 6. The molecule has 0 fully saturated rings. The van der Waals surface area contributed by atoms with Crippen LogP contribution >= 0.6 is 0 Å². The molecule has 1 aromatic carbocycles. The minimum absolute atomic E-state index is 0.00739. The molecule has 0 saturated carbocycles. The van der Waals surface area contributed by atoms with Gasteiger partial charge in [-0.15, -0.1) is 0 Å². The first-order valence-electron chi connectivity index (χ1n) is 7.43. The van der Waals surface area contributed by atoms with Gasteiger partial charge in [0.2, 0.25) is 0 Å². The second kappa shape index (κ2) is 10.9. The minimum atomic E-state index is -0.658. The van der Waals surface area contributed by atoms with Gasteiger partial charge in [-0.1, -0.05) is 30.3 Å². The van der Waals surface area contributed by atoms with Crippen LogP contribution in [0.3, 0.4) is 0 Å². The van der Waals surface area contributed by atoms with Crippen molar-refractivity contribution < 1.29 is 28.6 Å². The summed E-state index contributed by atoms with van der Waals surface area (Å²) in [4.78, 5) is 33.6. The number of esters is 1. The maximum Gasteiger partial charge on any atom is 0.407 e. The zero-order valence-electron chi connectivity index (χ0n) is 13.7. The first-order chi connectivity index (χ1) is 11.5. The lowest BCUT2D eigenvalue weighted by atomic mass is 10.1. The zero-order chi connectivity index (χ0) is 17.8. The molecule has 8 nitrogen and oxygen atoms in total. The molecular weight excluding hydrogens is 316 g/mol. The normalized spacial score (nSPS) is 11.1. The Labute approximate surface area is 140 Å². The van der Waals surface area contributed by atoms with E-state index in [9.17, 15) is 14.4 Å². The van der Waals surface area contributed by atoms with Gasteiger partial charge in [0.05, 0.1) is 19.7 Å². The summed E-state index contributed by atoms with van der Waals surface area (Å²) in [5.74, 6) is -0.425. The van der Waals surface area contributed by atoms with Crippen LogP contribution in [0.4, 0.5) is 9.59 Å². The second-order valence-electron chi connectivity index (χ2n) is 4.89. The van der Waals surface area contributed by atoms with Crippen molar-refractivity contribution in [3.05, 3.63) is 35.9 Å². The number of amides is 2. The molecule has 0 radical (unpaired) electrons. The van der Waals surface area contributed by atoms with E-state index >= 15 is 0 Å². The van der Waals surface area contributed by atoms with Crippen LogP contribution in [-0.2, 0) is 25.4 Å². The standard InChI is InChI=1S/C16H22N2O6/c1-12(19)24-11-14(10-13-6-4-3-5-7-13)18-16(21)23-9-8-17-15(20)22-2/h3-7,14H,8-11H2,1-2H3,(H,17,20)(H,18,21)/t14-/m0/s1. The highest BCUT2D eigenvalue weighted by atomic mass is 16.6. The minimum Gasteiger partial charge on any atom is -0.464 e. The molecule has 1 atom stereocenters. The highest BCUT2D eigenvalue weighted by molar-refractivity contribution is 5.68. The summed E-state index contributed by atoms with van der Waals surface area (Å²) in [5, 5.41) is 5.03. The van der Waals surface area contributed by atoms with E-state index in [-0.39, 0.29) is 19.8 Å². The molecule has 0 saturated heterocycles. The monoisotopic (exact) mass is 338 g/mol. The first kappa shape index (κ1) is 19.3. The van der Waals surface area contributed by atoms with Crippen molar-refractivity contribution in [3.8, 4) is 0 Å². The number of ether oxygens (including phenoxy) is 3. The van der Waals surface area contributed by atoms with E-state index in [0.717, 1.165) is 5.56 Å². The average Bonchev–Trinajstić information content (AvgIpc) is 2.57. The molecule has 1 aromatic rings. The Morgan fingerprint density at radius 3 is 2.42 bits per heavy atom. The molecule has 0 heterocycles. The third kappa shape index (κ3) is 8.62. The van der Waals surface area contributed by atoms with Crippen molar-refractivity contribution in [2.75, 3.05) is 26.9 Å². The van der Waals surface area contributed by atoms with Crippen LogP contribution in [0.1, 0.15) is 12.5 Å². The smallest absolute Gasteiger partial charge is 0.407 e. The van der Waals surface area contributed by atoms with Crippen LogP contribution in [0, 0.1) is 0 Å². The Hall–Kier alpha value is -2.77. The fourth-order valence-corrected chi connectivity index (χ4v) is 1.85. The van der Waals surface area contributed by atoms with Gasteiger partial charge in [-0.25, -0.2) is 9.59 Å². The number of hydrogen-bond donors (Lipinski definition) is 2. The second-order valence-corrected chi connectivity index (χ2v) is 4.89. The summed E-state index contributed by atoms with van der Waals surface area (Å²) >= 11 is 0. The van der Waals surface area contributed by atoms with Gasteiger partial charge < -0.3 is 24.8 Å². The van der Waals surface area contributed by atoms with Gasteiger partial charge >= 0.3 is 18.2 Å². The fraction of sp³-hybridized carbons (Fsp3) is 0.438. The SMILES string of the molecule is COC(=O)NCCOC(=O)N[C@H](COC(C)=O)Cc1ccccc1. The molecule has 0 aromatic heterocycles. The molecular formula is C16H22N2O6. The predicted molar refractivity (Wildman–Crippen MR) is 85.5 cm³/mol. The highest BCUT2D eigenvalue weighted by Gasteiger charge is 2.15. The molecule has 2 N–H and O–H groups in total. The van der Waals surface area contributed by atoms with Gasteiger partial charge in [0, 0.05) is 6.92 Å². The van der Waals surface area contributed by atoms with E-state index in [1.807, 2.05) is 30.3 Å². The molecule has 0 spiro atoms. The predicted octanol–water partition coefficient (Wildman–Crippen LogP) is 1.24. The fourth-order valence-electron chi connectivity index (χ4n) is 1.85. The topological polar surface area (TPSA) is 103 Å². The van der Waals surface area contributed by atoms with Crippen molar-refractivity contribution in [3.63, 3.8) is 0 Å². The molecule has 8 heteroatoms. The lowest BCUT2D eigenvalue weighted by Gasteiger charge is -2.18. The highest BCUT2D eigenvalue weighted by Crippen LogP contribution is 2.04. The molecule has 0 aliphatic carbocycles. The molecule has 0 aliphatic heterocycles. The number of benzene rings is 1. The van der Waals surface area contributed by atoms with Crippen molar-refractivity contribution in [1.82, 2.24) is 10.6 Å². The first-order valence-corrected chi connectivity index (χ1v) is 7.43. The largest absolute Gasteiger partial charge is 0.464 e. The van der Waals surface area contributed by atoms with Crippen LogP contribution in [0.2, 0.25) is 0 Å². The van der Waals surface area contributed by atoms with E-state index < -0.39 is 24.2 Å². The molecule has 132 valence electrons. The molecule has 2 amide bonds. The van der Waals surface area contributed by atoms with E-state index in [2.05, 4.69) is 15.4 Å². The quantitative estimate of drug-likeness (QED) is 0.420. The third-order valence-corrected chi connectivity index (χ3v) is 2.92.